The normalized spacial score (nSPS) is 25.2. The third-order valence-electron chi connectivity index (χ3n) is 5.53. The standard InChI is InChI=1S/C18H25N5/c19-12-15-11-14-3-1-2-4-17(14)21-18(15)23-8-5-16(13-23)22-9-6-20-7-10-22/h11,16,20H,1-10,13H2. The summed E-state index contributed by atoms with van der Waals surface area (Å²) in [5.74, 6) is 0.936. The molecule has 1 aromatic rings. The average molecular weight is 311 g/mol. The van der Waals surface area contributed by atoms with Crippen molar-refractivity contribution in [2.45, 2.75) is 38.1 Å². The highest BCUT2D eigenvalue weighted by Crippen LogP contribution is 2.29. The van der Waals surface area contributed by atoms with Crippen molar-refractivity contribution >= 4 is 5.82 Å². The van der Waals surface area contributed by atoms with Crippen molar-refractivity contribution < 1.29 is 0 Å². The molecule has 1 N–H and O–H groups in total. The Morgan fingerprint density at radius 2 is 2.00 bits per heavy atom. The smallest absolute Gasteiger partial charge is 0.146 e. The van der Waals surface area contributed by atoms with Crippen molar-refractivity contribution in [1.82, 2.24) is 15.2 Å². The highest BCUT2D eigenvalue weighted by atomic mass is 15.3. The van der Waals surface area contributed by atoms with E-state index in [4.69, 9.17) is 4.98 Å². The molecule has 0 amide bonds. The van der Waals surface area contributed by atoms with E-state index in [1.807, 2.05) is 0 Å². The molecule has 4 rings (SSSR count). The Hall–Kier alpha value is -1.64. The first-order valence-electron chi connectivity index (χ1n) is 8.98. The Morgan fingerprint density at radius 1 is 1.17 bits per heavy atom. The lowest BCUT2D eigenvalue weighted by atomic mass is 9.95. The second-order valence-corrected chi connectivity index (χ2v) is 6.96. The van der Waals surface area contributed by atoms with Gasteiger partial charge in [-0.1, -0.05) is 0 Å². The fourth-order valence-corrected chi connectivity index (χ4v) is 4.23. The minimum absolute atomic E-state index is 0.612. The molecule has 3 heterocycles. The van der Waals surface area contributed by atoms with Crippen LogP contribution >= 0.6 is 0 Å². The van der Waals surface area contributed by atoms with Crippen molar-refractivity contribution in [3.63, 3.8) is 0 Å². The van der Waals surface area contributed by atoms with Crippen LogP contribution in [0, 0.1) is 11.3 Å². The molecule has 23 heavy (non-hydrogen) atoms. The lowest BCUT2D eigenvalue weighted by Gasteiger charge is -2.32. The van der Waals surface area contributed by atoms with Crippen molar-refractivity contribution in [1.29, 1.82) is 5.26 Å². The lowest BCUT2D eigenvalue weighted by molar-refractivity contribution is 0.185. The maximum atomic E-state index is 9.56. The van der Waals surface area contributed by atoms with Gasteiger partial charge in [0.2, 0.25) is 0 Å². The highest BCUT2D eigenvalue weighted by Gasteiger charge is 2.30. The fourth-order valence-electron chi connectivity index (χ4n) is 4.23. The van der Waals surface area contributed by atoms with Gasteiger partial charge in [-0.15, -0.1) is 0 Å². The molecule has 1 unspecified atom stereocenters. The van der Waals surface area contributed by atoms with Gasteiger partial charge in [-0.05, 0) is 43.7 Å². The maximum absolute atomic E-state index is 9.56. The first-order chi connectivity index (χ1) is 11.3. The van der Waals surface area contributed by atoms with E-state index >= 15 is 0 Å². The van der Waals surface area contributed by atoms with Crippen LogP contribution in [-0.4, -0.2) is 55.2 Å². The Labute approximate surface area is 138 Å². The van der Waals surface area contributed by atoms with Gasteiger partial charge in [-0.2, -0.15) is 5.26 Å². The summed E-state index contributed by atoms with van der Waals surface area (Å²) in [7, 11) is 0. The molecular formula is C18H25N5. The van der Waals surface area contributed by atoms with Crippen LogP contribution in [0.3, 0.4) is 0 Å². The molecule has 0 aromatic carbocycles. The van der Waals surface area contributed by atoms with Gasteiger partial charge >= 0.3 is 0 Å². The summed E-state index contributed by atoms with van der Waals surface area (Å²) in [6, 6.07) is 5.11. The number of anilines is 1. The topological polar surface area (TPSA) is 55.2 Å². The zero-order valence-electron chi connectivity index (χ0n) is 13.7. The van der Waals surface area contributed by atoms with E-state index in [2.05, 4.69) is 27.3 Å². The largest absolute Gasteiger partial charge is 0.354 e. The minimum Gasteiger partial charge on any atom is -0.354 e. The summed E-state index contributed by atoms with van der Waals surface area (Å²) >= 11 is 0. The van der Waals surface area contributed by atoms with E-state index < -0.39 is 0 Å². The highest BCUT2D eigenvalue weighted by molar-refractivity contribution is 5.57. The summed E-state index contributed by atoms with van der Waals surface area (Å²) in [6.07, 6.45) is 5.80. The number of aryl methyl sites for hydroxylation is 2. The van der Waals surface area contributed by atoms with Crippen LogP contribution in [0.4, 0.5) is 5.82 Å². The Morgan fingerprint density at radius 3 is 2.83 bits per heavy atom. The van der Waals surface area contributed by atoms with Gasteiger partial charge in [0.05, 0.1) is 5.56 Å². The van der Waals surface area contributed by atoms with E-state index in [1.165, 1.54) is 30.5 Å². The summed E-state index contributed by atoms with van der Waals surface area (Å²) in [5, 5.41) is 13.0. The van der Waals surface area contributed by atoms with Crippen molar-refractivity contribution in [3.05, 3.63) is 22.9 Å². The Bertz CT molecular complexity index is 615. The van der Waals surface area contributed by atoms with E-state index in [9.17, 15) is 5.26 Å². The van der Waals surface area contributed by atoms with Gasteiger partial charge < -0.3 is 10.2 Å². The quantitative estimate of drug-likeness (QED) is 0.893. The summed E-state index contributed by atoms with van der Waals surface area (Å²) in [6.45, 7) is 6.51. The molecule has 2 aliphatic heterocycles. The van der Waals surface area contributed by atoms with E-state index in [-0.39, 0.29) is 0 Å². The number of nitriles is 1. The van der Waals surface area contributed by atoms with Crippen LogP contribution in [0.15, 0.2) is 6.07 Å². The molecule has 3 aliphatic rings. The SMILES string of the molecule is N#Cc1cc2c(nc1N1CCC(N3CCNCC3)C1)CCCC2. The molecule has 0 bridgehead atoms. The average Bonchev–Trinajstić information content (AvgIpc) is 3.11. The summed E-state index contributed by atoms with van der Waals surface area (Å²) in [5.41, 5.74) is 3.30. The van der Waals surface area contributed by atoms with Crippen LogP contribution in [0.5, 0.6) is 0 Å². The third-order valence-corrected chi connectivity index (χ3v) is 5.53. The second-order valence-electron chi connectivity index (χ2n) is 6.96. The molecule has 0 spiro atoms. The minimum atomic E-state index is 0.612. The van der Waals surface area contributed by atoms with E-state index in [0.29, 0.717) is 6.04 Å². The number of fused-ring (bicyclic) bond motifs is 1. The van der Waals surface area contributed by atoms with Crippen molar-refractivity contribution in [3.8, 4) is 6.07 Å². The van der Waals surface area contributed by atoms with E-state index in [1.54, 1.807) is 0 Å². The first-order valence-corrected chi connectivity index (χ1v) is 8.98. The molecule has 2 saturated heterocycles. The fraction of sp³-hybridized carbons (Fsp3) is 0.667. The molecule has 1 aliphatic carbocycles. The molecule has 1 aromatic heterocycles. The van der Waals surface area contributed by atoms with Crippen molar-refractivity contribution in [2.75, 3.05) is 44.2 Å². The number of nitrogens with zero attached hydrogens (tertiary/aromatic N) is 4. The number of pyridine rings is 1. The Kier molecular flexibility index (Phi) is 4.19. The molecular weight excluding hydrogens is 286 g/mol. The lowest BCUT2D eigenvalue weighted by Crippen LogP contribution is -2.49. The van der Waals surface area contributed by atoms with Gasteiger partial charge in [-0.25, -0.2) is 4.98 Å². The molecule has 5 heteroatoms. The molecule has 0 radical (unpaired) electrons. The van der Waals surface area contributed by atoms with Gasteiger partial charge in [0.25, 0.3) is 0 Å². The van der Waals surface area contributed by atoms with Gasteiger partial charge in [0, 0.05) is 51.0 Å². The van der Waals surface area contributed by atoms with Gasteiger partial charge in [0.15, 0.2) is 0 Å². The number of hydrogen-bond acceptors (Lipinski definition) is 5. The second kappa shape index (κ2) is 6.46. The number of piperazine rings is 1. The number of aromatic nitrogens is 1. The molecule has 1 atom stereocenters. The zero-order chi connectivity index (χ0) is 15.6. The summed E-state index contributed by atoms with van der Waals surface area (Å²) in [4.78, 5) is 9.86. The zero-order valence-corrected chi connectivity index (χ0v) is 13.7. The molecule has 2 fully saturated rings. The molecule has 122 valence electrons. The molecule has 0 saturated carbocycles. The number of nitrogens with one attached hydrogen (secondary N) is 1. The van der Waals surface area contributed by atoms with Crippen LogP contribution in [0.2, 0.25) is 0 Å². The Balaban J connectivity index is 1.55. The molecule has 5 nitrogen and oxygen atoms in total. The van der Waals surface area contributed by atoms with Gasteiger partial charge in [0.1, 0.15) is 11.9 Å². The predicted molar refractivity (Wildman–Crippen MR) is 90.7 cm³/mol. The summed E-state index contributed by atoms with van der Waals surface area (Å²) < 4.78 is 0. The maximum Gasteiger partial charge on any atom is 0.146 e. The van der Waals surface area contributed by atoms with Crippen LogP contribution in [0.25, 0.3) is 0 Å². The first kappa shape index (κ1) is 14.9. The number of hydrogen-bond donors (Lipinski definition) is 1. The van der Waals surface area contributed by atoms with E-state index in [0.717, 1.165) is 63.5 Å². The third kappa shape index (κ3) is 2.93. The van der Waals surface area contributed by atoms with Crippen molar-refractivity contribution in [2.24, 2.45) is 0 Å². The monoisotopic (exact) mass is 311 g/mol. The van der Waals surface area contributed by atoms with Crippen LogP contribution in [-0.2, 0) is 12.8 Å². The van der Waals surface area contributed by atoms with Crippen LogP contribution < -0.4 is 10.2 Å². The van der Waals surface area contributed by atoms with Crippen LogP contribution in [0.1, 0.15) is 36.1 Å². The predicted octanol–water partition coefficient (Wildman–Crippen LogP) is 1.32. The number of rotatable bonds is 2. The van der Waals surface area contributed by atoms with Gasteiger partial charge in [-0.3, -0.25) is 4.90 Å².